The Morgan fingerprint density at radius 3 is 2.05 bits per heavy atom. The Balaban J connectivity index is 1.20. The van der Waals surface area contributed by atoms with Gasteiger partial charge in [0.05, 0.1) is 21.5 Å². The molecule has 198 valence electrons. The molecule has 0 atom stereocenters. The van der Waals surface area contributed by atoms with Gasteiger partial charge in [-0.25, -0.2) is 0 Å². The average Bonchev–Trinajstić information content (AvgIpc) is 3.49. The molecule has 9 heteroatoms. The Labute approximate surface area is 242 Å². The first-order chi connectivity index (χ1) is 19.0. The van der Waals surface area contributed by atoms with Gasteiger partial charge in [-0.15, -0.1) is 11.3 Å². The Kier molecular flexibility index (Phi) is 8.56. The molecule has 2 amide bonds. The number of carbonyl (C=O) groups excluding carboxylic acids is 2. The quantitative estimate of drug-likeness (QED) is 0.276. The SMILES string of the molecule is O=C(NC(=S)Nc1ccc(N2CCN(C(=O)c3cccs3)CC2)c(Cl)c1)C(c1ccccc1)c1ccccc1. The van der Waals surface area contributed by atoms with E-state index >= 15 is 0 Å². The van der Waals surface area contributed by atoms with E-state index < -0.39 is 5.92 Å². The van der Waals surface area contributed by atoms with E-state index in [9.17, 15) is 9.59 Å². The maximum Gasteiger partial charge on any atom is 0.264 e. The summed E-state index contributed by atoms with van der Waals surface area (Å²) < 4.78 is 0. The standard InChI is InChI=1S/C30H27ClN4O2S2/c31-24-20-23(13-14-25(24)34-15-17-35(18-16-34)29(37)26-12-7-19-39-26)32-30(38)33-28(36)27(21-8-3-1-4-9-21)22-10-5-2-6-11-22/h1-14,19-20,27H,15-18H2,(H2,32,33,36,38). The Hall–Kier alpha value is -3.72. The second kappa shape index (κ2) is 12.4. The van der Waals surface area contributed by atoms with Crippen molar-refractivity contribution in [1.82, 2.24) is 10.2 Å². The molecule has 0 bridgehead atoms. The van der Waals surface area contributed by atoms with Gasteiger partial charge in [0.2, 0.25) is 5.91 Å². The van der Waals surface area contributed by atoms with Gasteiger partial charge in [-0.05, 0) is 53.0 Å². The number of thiocarbonyl (C=S) groups is 1. The van der Waals surface area contributed by atoms with Crippen LogP contribution >= 0.6 is 35.2 Å². The third-order valence-corrected chi connectivity index (χ3v) is 7.97. The largest absolute Gasteiger partial charge is 0.367 e. The van der Waals surface area contributed by atoms with Gasteiger partial charge in [0.1, 0.15) is 0 Å². The summed E-state index contributed by atoms with van der Waals surface area (Å²) in [6, 6.07) is 28.6. The molecule has 1 aromatic heterocycles. The van der Waals surface area contributed by atoms with Crippen LogP contribution in [-0.4, -0.2) is 48.0 Å². The van der Waals surface area contributed by atoms with Gasteiger partial charge in [0.15, 0.2) is 5.11 Å². The minimum atomic E-state index is -0.497. The van der Waals surface area contributed by atoms with E-state index in [4.69, 9.17) is 23.8 Å². The lowest BCUT2D eigenvalue weighted by molar-refractivity contribution is -0.120. The number of hydrogen-bond acceptors (Lipinski definition) is 5. The summed E-state index contributed by atoms with van der Waals surface area (Å²) in [6.45, 7) is 2.65. The van der Waals surface area contributed by atoms with Crippen molar-refractivity contribution in [2.45, 2.75) is 5.92 Å². The van der Waals surface area contributed by atoms with E-state index in [0.717, 1.165) is 21.7 Å². The topological polar surface area (TPSA) is 64.7 Å². The van der Waals surface area contributed by atoms with E-state index in [2.05, 4.69) is 15.5 Å². The lowest BCUT2D eigenvalue weighted by Gasteiger charge is -2.36. The molecule has 5 rings (SSSR count). The fourth-order valence-corrected chi connectivity index (χ4v) is 5.89. The van der Waals surface area contributed by atoms with E-state index in [0.29, 0.717) is 36.9 Å². The first-order valence-corrected chi connectivity index (χ1v) is 14.2. The highest BCUT2D eigenvalue weighted by molar-refractivity contribution is 7.80. The summed E-state index contributed by atoms with van der Waals surface area (Å²) in [7, 11) is 0. The van der Waals surface area contributed by atoms with Gasteiger partial charge >= 0.3 is 0 Å². The normalized spacial score (nSPS) is 13.3. The van der Waals surface area contributed by atoms with Crippen molar-refractivity contribution in [2.75, 3.05) is 36.4 Å². The van der Waals surface area contributed by atoms with Crippen LogP contribution in [0.15, 0.2) is 96.4 Å². The van der Waals surface area contributed by atoms with Crippen LogP contribution in [0.5, 0.6) is 0 Å². The molecule has 0 aliphatic carbocycles. The van der Waals surface area contributed by atoms with Crippen LogP contribution in [0.3, 0.4) is 0 Å². The van der Waals surface area contributed by atoms with Crippen molar-refractivity contribution in [3.05, 3.63) is 117 Å². The summed E-state index contributed by atoms with van der Waals surface area (Å²) >= 11 is 13.6. The van der Waals surface area contributed by atoms with Gasteiger partial charge in [-0.1, -0.05) is 78.3 Å². The number of rotatable bonds is 6. The van der Waals surface area contributed by atoms with Gasteiger partial charge < -0.3 is 20.4 Å². The molecule has 2 heterocycles. The smallest absolute Gasteiger partial charge is 0.264 e. The molecule has 4 aromatic rings. The molecule has 0 spiro atoms. The zero-order chi connectivity index (χ0) is 27.2. The highest BCUT2D eigenvalue weighted by Crippen LogP contribution is 2.30. The highest BCUT2D eigenvalue weighted by atomic mass is 35.5. The lowest BCUT2D eigenvalue weighted by Crippen LogP contribution is -2.48. The molecule has 3 aromatic carbocycles. The number of thiophene rings is 1. The van der Waals surface area contributed by atoms with Crippen LogP contribution in [-0.2, 0) is 4.79 Å². The lowest BCUT2D eigenvalue weighted by atomic mass is 9.90. The number of nitrogens with zero attached hydrogens (tertiary/aromatic N) is 2. The maximum atomic E-state index is 13.3. The fourth-order valence-electron chi connectivity index (χ4n) is 4.68. The van der Waals surface area contributed by atoms with Crippen molar-refractivity contribution in [3.63, 3.8) is 0 Å². The number of benzene rings is 3. The second-order valence-electron chi connectivity index (χ2n) is 9.12. The van der Waals surface area contributed by atoms with Crippen LogP contribution in [0, 0.1) is 0 Å². The molecule has 0 saturated carbocycles. The molecule has 1 fully saturated rings. The molecule has 0 unspecified atom stereocenters. The number of nitrogens with one attached hydrogen (secondary N) is 2. The Bertz CT molecular complexity index is 1400. The number of amides is 2. The Morgan fingerprint density at radius 1 is 0.846 bits per heavy atom. The molecule has 1 aliphatic rings. The van der Waals surface area contributed by atoms with Gasteiger partial charge in [-0.3, -0.25) is 9.59 Å². The Morgan fingerprint density at radius 2 is 1.49 bits per heavy atom. The van der Waals surface area contributed by atoms with Crippen LogP contribution in [0.25, 0.3) is 0 Å². The zero-order valence-corrected chi connectivity index (χ0v) is 23.4. The molecular weight excluding hydrogens is 548 g/mol. The number of carbonyl (C=O) groups is 2. The van der Waals surface area contributed by atoms with Crippen molar-refractivity contribution in [2.24, 2.45) is 0 Å². The van der Waals surface area contributed by atoms with Crippen molar-refractivity contribution < 1.29 is 9.59 Å². The van der Waals surface area contributed by atoms with Gasteiger partial charge in [0.25, 0.3) is 5.91 Å². The second-order valence-corrected chi connectivity index (χ2v) is 10.9. The van der Waals surface area contributed by atoms with Crippen LogP contribution in [0.1, 0.15) is 26.7 Å². The summed E-state index contributed by atoms with van der Waals surface area (Å²) in [6.07, 6.45) is 0. The summed E-state index contributed by atoms with van der Waals surface area (Å²) in [4.78, 5) is 30.8. The minimum absolute atomic E-state index is 0.0765. The predicted molar refractivity (Wildman–Crippen MR) is 163 cm³/mol. The van der Waals surface area contributed by atoms with E-state index in [1.54, 1.807) is 6.07 Å². The van der Waals surface area contributed by atoms with E-state index in [1.165, 1.54) is 11.3 Å². The molecule has 0 radical (unpaired) electrons. The summed E-state index contributed by atoms with van der Waals surface area (Å²) in [5.74, 6) is -0.640. The van der Waals surface area contributed by atoms with Crippen LogP contribution in [0.2, 0.25) is 5.02 Å². The first kappa shape index (κ1) is 26.9. The third-order valence-electron chi connectivity index (χ3n) is 6.61. The molecule has 2 N–H and O–H groups in total. The van der Waals surface area contributed by atoms with Crippen molar-refractivity contribution in [1.29, 1.82) is 0 Å². The fraction of sp³-hybridized carbons (Fsp3) is 0.167. The molecule has 39 heavy (non-hydrogen) atoms. The number of halogens is 1. The van der Waals surface area contributed by atoms with Crippen molar-refractivity contribution in [3.8, 4) is 0 Å². The molecular formula is C30H27ClN4O2S2. The zero-order valence-electron chi connectivity index (χ0n) is 21.0. The highest BCUT2D eigenvalue weighted by Gasteiger charge is 2.25. The molecule has 1 aliphatic heterocycles. The van der Waals surface area contributed by atoms with Gasteiger partial charge in [-0.2, -0.15) is 0 Å². The molecule has 6 nitrogen and oxygen atoms in total. The van der Waals surface area contributed by atoms with E-state index in [1.807, 2.05) is 95.2 Å². The van der Waals surface area contributed by atoms with Crippen LogP contribution < -0.4 is 15.5 Å². The van der Waals surface area contributed by atoms with Gasteiger partial charge in [0, 0.05) is 31.9 Å². The number of anilines is 2. The predicted octanol–water partition coefficient (Wildman–Crippen LogP) is 6.01. The minimum Gasteiger partial charge on any atom is -0.367 e. The average molecular weight is 575 g/mol. The molecule has 1 saturated heterocycles. The van der Waals surface area contributed by atoms with Crippen LogP contribution in [0.4, 0.5) is 11.4 Å². The summed E-state index contributed by atoms with van der Waals surface area (Å²) in [5, 5.41) is 8.61. The number of hydrogen-bond donors (Lipinski definition) is 2. The third kappa shape index (κ3) is 6.47. The van der Waals surface area contributed by atoms with Crippen molar-refractivity contribution >= 4 is 63.5 Å². The summed E-state index contributed by atoms with van der Waals surface area (Å²) in [5.41, 5.74) is 3.34. The number of piperazine rings is 1. The van der Waals surface area contributed by atoms with E-state index in [-0.39, 0.29) is 16.9 Å². The first-order valence-electron chi connectivity index (χ1n) is 12.6. The maximum absolute atomic E-state index is 13.3. The monoisotopic (exact) mass is 574 g/mol.